The molecule has 0 nitrogen and oxygen atoms in total. The predicted molar refractivity (Wildman–Crippen MR) is 125 cm³/mol. The van der Waals surface area contributed by atoms with E-state index < -0.39 is 29.1 Å². The van der Waals surface area contributed by atoms with Crippen LogP contribution in [0.1, 0.15) is 42.9 Å². The van der Waals surface area contributed by atoms with Crippen molar-refractivity contribution in [2.75, 3.05) is 0 Å². The minimum absolute atomic E-state index is 0.0142. The molecule has 34 heavy (non-hydrogen) atoms. The van der Waals surface area contributed by atoms with Crippen molar-refractivity contribution in [1.82, 2.24) is 0 Å². The van der Waals surface area contributed by atoms with Gasteiger partial charge in [-0.25, -0.2) is 22.0 Å². The van der Waals surface area contributed by atoms with E-state index in [0.717, 1.165) is 37.5 Å². The van der Waals surface area contributed by atoms with E-state index in [0.29, 0.717) is 28.3 Å². The zero-order valence-electron chi connectivity index (χ0n) is 18.5. The van der Waals surface area contributed by atoms with Crippen LogP contribution in [0, 0.1) is 40.9 Å². The van der Waals surface area contributed by atoms with Crippen molar-refractivity contribution >= 4 is 10.8 Å². The highest BCUT2D eigenvalue weighted by atomic mass is 19.2. The Kier molecular flexibility index (Phi) is 6.98. The molecule has 0 aromatic heterocycles. The maximum absolute atomic E-state index is 14.8. The fraction of sp³-hybridized carbons (Fsp3) is 0.172. The number of halogens is 5. The average molecular weight is 464 g/mol. The van der Waals surface area contributed by atoms with Crippen molar-refractivity contribution < 1.29 is 22.0 Å². The highest BCUT2D eigenvalue weighted by Crippen LogP contribution is 2.29. The van der Waals surface area contributed by atoms with E-state index in [1.165, 1.54) is 24.3 Å². The molecule has 0 aliphatic carbocycles. The number of unbranched alkanes of at least 4 members (excludes halogenated alkanes) is 2. The third-order valence-electron chi connectivity index (χ3n) is 5.68. The summed E-state index contributed by atoms with van der Waals surface area (Å²) in [4.78, 5) is 0. The van der Waals surface area contributed by atoms with Crippen LogP contribution in [0.25, 0.3) is 21.9 Å². The molecule has 0 saturated carbocycles. The van der Waals surface area contributed by atoms with Crippen molar-refractivity contribution in [1.29, 1.82) is 0 Å². The summed E-state index contributed by atoms with van der Waals surface area (Å²) >= 11 is 0. The first kappa shape index (κ1) is 23.5. The maximum atomic E-state index is 14.8. The van der Waals surface area contributed by atoms with Crippen molar-refractivity contribution in [2.45, 2.75) is 32.6 Å². The Morgan fingerprint density at radius 1 is 0.647 bits per heavy atom. The summed E-state index contributed by atoms with van der Waals surface area (Å²) in [5, 5.41) is 0.861. The first-order chi connectivity index (χ1) is 16.4. The van der Waals surface area contributed by atoms with Gasteiger partial charge < -0.3 is 0 Å². The summed E-state index contributed by atoms with van der Waals surface area (Å²) in [6.45, 7) is 2.05. The Labute approximate surface area is 195 Å². The van der Waals surface area contributed by atoms with Gasteiger partial charge in [-0.2, -0.15) is 0 Å². The third-order valence-corrected chi connectivity index (χ3v) is 5.68. The van der Waals surface area contributed by atoms with Crippen LogP contribution in [-0.4, -0.2) is 0 Å². The standard InChI is InChI=1S/C29H21F5/c1-2-3-4-6-18-13-27(33)29(28(34)14-18)22-12-11-20(24(30)16-22)10-9-19-7-5-8-21-15-25(31)26(32)17-23(19)21/h5,7-8,11-17H,2-4,6H2,1H3. The van der Waals surface area contributed by atoms with Gasteiger partial charge in [0, 0.05) is 10.9 Å². The predicted octanol–water partition coefficient (Wildman–Crippen LogP) is 8.33. The van der Waals surface area contributed by atoms with Crippen LogP contribution >= 0.6 is 0 Å². The van der Waals surface area contributed by atoms with E-state index >= 15 is 0 Å². The summed E-state index contributed by atoms with van der Waals surface area (Å²) < 4.78 is 71.3. The summed E-state index contributed by atoms with van der Waals surface area (Å²) in [6.07, 6.45) is 3.40. The monoisotopic (exact) mass is 464 g/mol. The van der Waals surface area contributed by atoms with Gasteiger partial charge in [0.25, 0.3) is 0 Å². The summed E-state index contributed by atoms with van der Waals surface area (Å²) in [5.41, 5.74) is 0.766. The first-order valence-corrected chi connectivity index (χ1v) is 11.0. The highest BCUT2D eigenvalue weighted by molar-refractivity contribution is 5.88. The maximum Gasteiger partial charge on any atom is 0.159 e. The molecule has 5 heteroatoms. The summed E-state index contributed by atoms with van der Waals surface area (Å²) in [6, 6.07) is 13.4. The van der Waals surface area contributed by atoms with E-state index in [-0.39, 0.29) is 16.7 Å². The second-order valence-corrected chi connectivity index (χ2v) is 8.13. The Bertz CT molecular complexity index is 1400. The van der Waals surface area contributed by atoms with Crippen LogP contribution in [0.3, 0.4) is 0 Å². The van der Waals surface area contributed by atoms with Crippen LogP contribution in [0.2, 0.25) is 0 Å². The van der Waals surface area contributed by atoms with Gasteiger partial charge in [0.1, 0.15) is 17.5 Å². The molecule has 0 spiro atoms. The quantitative estimate of drug-likeness (QED) is 0.158. The Morgan fingerprint density at radius 2 is 1.35 bits per heavy atom. The molecule has 0 bridgehead atoms. The number of benzene rings is 4. The van der Waals surface area contributed by atoms with Crippen LogP contribution in [0.15, 0.2) is 60.7 Å². The number of aryl methyl sites for hydroxylation is 1. The minimum Gasteiger partial charge on any atom is -0.206 e. The number of hydrogen-bond acceptors (Lipinski definition) is 0. The van der Waals surface area contributed by atoms with Gasteiger partial charge in [-0.05, 0) is 71.8 Å². The molecule has 0 saturated heterocycles. The molecule has 0 fully saturated rings. The molecule has 4 aromatic carbocycles. The Morgan fingerprint density at radius 3 is 2.06 bits per heavy atom. The fourth-order valence-corrected chi connectivity index (χ4v) is 3.91. The van der Waals surface area contributed by atoms with E-state index in [9.17, 15) is 22.0 Å². The molecule has 4 rings (SSSR count). The molecule has 0 aliphatic rings. The number of fused-ring (bicyclic) bond motifs is 1. The van der Waals surface area contributed by atoms with Gasteiger partial charge in [-0.15, -0.1) is 0 Å². The molecule has 0 atom stereocenters. The molecule has 0 radical (unpaired) electrons. The molecule has 4 aromatic rings. The second kappa shape index (κ2) is 10.1. The summed E-state index contributed by atoms with van der Waals surface area (Å²) in [5.74, 6) is 1.26. The lowest BCUT2D eigenvalue weighted by Gasteiger charge is -2.09. The van der Waals surface area contributed by atoms with Crippen molar-refractivity contribution in [3.8, 4) is 23.0 Å². The Hall–Kier alpha value is -3.65. The van der Waals surface area contributed by atoms with Crippen LogP contribution < -0.4 is 0 Å². The topological polar surface area (TPSA) is 0 Å². The lowest BCUT2D eigenvalue weighted by Crippen LogP contribution is -1.96. The SMILES string of the molecule is CCCCCc1cc(F)c(-c2ccc(C#Cc3cccc4cc(F)c(F)cc34)c(F)c2)c(F)c1. The van der Waals surface area contributed by atoms with Crippen LogP contribution in [0.5, 0.6) is 0 Å². The van der Waals surface area contributed by atoms with Gasteiger partial charge in [-0.3, -0.25) is 0 Å². The van der Waals surface area contributed by atoms with E-state index in [1.54, 1.807) is 18.2 Å². The zero-order chi connectivity index (χ0) is 24.2. The van der Waals surface area contributed by atoms with Crippen molar-refractivity contribution in [3.63, 3.8) is 0 Å². The number of rotatable bonds is 5. The number of hydrogen-bond donors (Lipinski definition) is 0. The van der Waals surface area contributed by atoms with Gasteiger partial charge in [0.15, 0.2) is 11.6 Å². The smallest absolute Gasteiger partial charge is 0.159 e. The molecule has 0 aliphatic heterocycles. The van der Waals surface area contributed by atoms with E-state index in [4.69, 9.17) is 0 Å². The normalized spacial score (nSPS) is 10.9. The van der Waals surface area contributed by atoms with Crippen LogP contribution in [0.4, 0.5) is 22.0 Å². The lowest BCUT2D eigenvalue weighted by molar-refractivity contribution is 0.511. The van der Waals surface area contributed by atoms with Crippen molar-refractivity contribution in [2.24, 2.45) is 0 Å². The van der Waals surface area contributed by atoms with E-state index in [1.807, 2.05) is 0 Å². The molecular weight excluding hydrogens is 443 g/mol. The fourth-order valence-electron chi connectivity index (χ4n) is 3.91. The molecular formula is C29H21F5. The average Bonchev–Trinajstić information content (AvgIpc) is 2.79. The molecule has 172 valence electrons. The molecule has 0 heterocycles. The van der Waals surface area contributed by atoms with Crippen molar-refractivity contribution in [3.05, 3.63) is 106 Å². The second-order valence-electron chi connectivity index (χ2n) is 8.13. The van der Waals surface area contributed by atoms with E-state index in [2.05, 4.69) is 18.8 Å². The van der Waals surface area contributed by atoms with Gasteiger partial charge >= 0.3 is 0 Å². The Balaban J connectivity index is 1.65. The minimum atomic E-state index is -1.00. The first-order valence-electron chi connectivity index (χ1n) is 11.0. The molecule has 0 N–H and O–H groups in total. The molecule has 0 amide bonds. The summed E-state index contributed by atoms with van der Waals surface area (Å²) in [7, 11) is 0. The third kappa shape index (κ3) is 4.97. The zero-order valence-corrected chi connectivity index (χ0v) is 18.5. The largest absolute Gasteiger partial charge is 0.206 e. The van der Waals surface area contributed by atoms with Crippen LogP contribution in [-0.2, 0) is 6.42 Å². The molecule has 0 unspecified atom stereocenters. The van der Waals surface area contributed by atoms with Gasteiger partial charge in [0.2, 0.25) is 0 Å². The van der Waals surface area contributed by atoms with Gasteiger partial charge in [0.05, 0.1) is 11.1 Å². The lowest BCUT2D eigenvalue weighted by atomic mass is 9.98. The van der Waals surface area contributed by atoms with Gasteiger partial charge in [-0.1, -0.05) is 49.8 Å². The highest BCUT2D eigenvalue weighted by Gasteiger charge is 2.15.